The molecule has 0 aliphatic rings. The SMILES string of the molecule is N/C(=N/c1cc(C(F)(F)F)cc(-c2ccccc2Cl)n1)c1cc(F)cnc1N. The first-order valence-electron chi connectivity index (χ1n) is 7.75. The molecular formula is C18H12ClF4N5. The van der Waals surface area contributed by atoms with Gasteiger partial charge in [0, 0.05) is 10.6 Å². The molecule has 0 fully saturated rings. The Hall–Kier alpha value is -3.20. The summed E-state index contributed by atoms with van der Waals surface area (Å²) >= 11 is 6.07. The Morgan fingerprint density at radius 3 is 2.50 bits per heavy atom. The summed E-state index contributed by atoms with van der Waals surface area (Å²) in [5.74, 6) is -1.52. The monoisotopic (exact) mass is 409 g/mol. The van der Waals surface area contributed by atoms with Crippen molar-refractivity contribution in [1.82, 2.24) is 9.97 Å². The minimum Gasteiger partial charge on any atom is -0.383 e. The lowest BCUT2D eigenvalue weighted by Crippen LogP contribution is -2.16. The van der Waals surface area contributed by atoms with Crippen LogP contribution in [0.1, 0.15) is 11.1 Å². The summed E-state index contributed by atoms with van der Waals surface area (Å²) in [5.41, 5.74) is 10.6. The van der Waals surface area contributed by atoms with E-state index in [0.717, 1.165) is 24.4 Å². The highest BCUT2D eigenvalue weighted by molar-refractivity contribution is 6.33. The molecule has 0 aliphatic heterocycles. The quantitative estimate of drug-likeness (QED) is 0.376. The van der Waals surface area contributed by atoms with Gasteiger partial charge in [0.05, 0.1) is 23.0 Å². The van der Waals surface area contributed by atoms with Gasteiger partial charge in [0.15, 0.2) is 5.82 Å². The van der Waals surface area contributed by atoms with Crippen LogP contribution in [0.25, 0.3) is 11.3 Å². The number of rotatable bonds is 3. The first-order chi connectivity index (χ1) is 13.1. The maximum Gasteiger partial charge on any atom is 0.416 e. The van der Waals surface area contributed by atoms with Gasteiger partial charge >= 0.3 is 6.18 Å². The van der Waals surface area contributed by atoms with E-state index in [0.29, 0.717) is 0 Å². The molecule has 3 rings (SSSR count). The molecule has 2 aromatic heterocycles. The number of anilines is 1. The van der Waals surface area contributed by atoms with Gasteiger partial charge in [-0.3, -0.25) is 0 Å². The molecule has 0 unspecified atom stereocenters. The van der Waals surface area contributed by atoms with Crippen molar-refractivity contribution in [2.75, 3.05) is 5.73 Å². The number of nitrogens with zero attached hydrogens (tertiary/aromatic N) is 3. The molecule has 144 valence electrons. The summed E-state index contributed by atoms with van der Waals surface area (Å²) in [6, 6.07) is 8.84. The topological polar surface area (TPSA) is 90.2 Å². The number of amidine groups is 1. The van der Waals surface area contributed by atoms with Gasteiger partial charge in [-0.05, 0) is 24.3 Å². The van der Waals surface area contributed by atoms with Crippen molar-refractivity contribution in [3.63, 3.8) is 0 Å². The zero-order valence-corrected chi connectivity index (χ0v) is 14.8. The smallest absolute Gasteiger partial charge is 0.383 e. The second-order valence-corrected chi connectivity index (χ2v) is 6.07. The number of aliphatic imine (C=N–C) groups is 1. The second kappa shape index (κ2) is 7.43. The molecule has 1 aromatic carbocycles. The van der Waals surface area contributed by atoms with Crippen LogP contribution in [0.3, 0.4) is 0 Å². The molecule has 0 spiro atoms. The highest BCUT2D eigenvalue weighted by Crippen LogP contribution is 2.35. The number of hydrogen-bond acceptors (Lipinski definition) is 4. The molecular weight excluding hydrogens is 398 g/mol. The molecule has 5 nitrogen and oxygen atoms in total. The molecule has 10 heteroatoms. The van der Waals surface area contributed by atoms with Gasteiger partial charge in [0.2, 0.25) is 0 Å². The fourth-order valence-electron chi connectivity index (χ4n) is 2.38. The Bertz CT molecular complexity index is 1070. The first kappa shape index (κ1) is 19.6. The third kappa shape index (κ3) is 4.20. The van der Waals surface area contributed by atoms with Crippen molar-refractivity contribution in [3.8, 4) is 11.3 Å². The average molecular weight is 410 g/mol. The Labute approximate surface area is 161 Å². The van der Waals surface area contributed by atoms with Gasteiger partial charge in [0.25, 0.3) is 0 Å². The van der Waals surface area contributed by atoms with Gasteiger partial charge < -0.3 is 11.5 Å². The highest BCUT2D eigenvalue weighted by atomic mass is 35.5. The maximum absolute atomic E-state index is 13.4. The number of halogens is 5. The number of alkyl halides is 3. The predicted octanol–water partition coefficient (Wildman–Crippen LogP) is 4.57. The molecule has 28 heavy (non-hydrogen) atoms. The molecule has 0 saturated carbocycles. The summed E-state index contributed by atoms with van der Waals surface area (Å²) < 4.78 is 53.4. The average Bonchev–Trinajstić information content (AvgIpc) is 2.63. The molecule has 0 radical (unpaired) electrons. The van der Waals surface area contributed by atoms with Crippen LogP contribution in [0.2, 0.25) is 5.02 Å². The first-order valence-corrected chi connectivity index (χ1v) is 8.12. The van der Waals surface area contributed by atoms with Gasteiger partial charge in [-0.2, -0.15) is 13.2 Å². The maximum atomic E-state index is 13.4. The molecule has 3 aromatic rings. The number of hydrogen-bond donors (Lipinski definition) is 2. The van der Waals surface area contributed by atoms with Crippen LogP contribution >= 0.6 is 11.6 Å². The van der Waals surface area contributed by atoms with E-state index in [1.807, 2.05) is 0 Å². The van der Waals surface area contributed by atoms with Gasteiger partial charge in [-0.25, -0.2) is 19.4 Å². The van der Waals surface area contributed by atoms with E-state index in [1.54, 1.807) is 12.1 Å². The molecule has 0 amide bonds. The molecule has 0 saturated heterocycles. The van der Waals surface area contributed by atoms with Crippen LogP contribution < -0.4 is 11.5 Å². The number of aromatic nitrogens is 2. The number of nitrogens with two attached hydrogens (primary N) is 2. The van der Waals surface area contributed by atoms with Crippen LogP contribution in [-0.4, -0.2) is 15.8 Å². The van der Waals surface area contributed by atoms with Crippen molar-refractivity contribution < 1.29 is 17.6 Å². The van der Waals surface area contributed by atoms with E-state index >= 15 is 0 Å². The standard InChI is InChI=1S/C18H12ClF4N5/c19-13-4-2-1-3-11(13)14-5-9(18(21,22)23)6-15(27-14)28-17(25)12-7-10(20)8-26-16(12)24/h1-8H,(H2,24,26)(H2,25,27,28). The van der Waals surface area contributed by atoms with Crippen molar-refractivity contribution in [3.05, 3.63) is 70.6 Å². The van der Waals surface area contributed by atoms with Crippen LogP contribution in [0.4, 0.5) is 29.2 Å². The zero-order valence-electron chi connectivity index (χ0n) is 14.0. The van der Waals surface area contributed by atoms with E-state index in [-0.39, 0.29) is 39.3 Å². The molecule has 4 N–H and O–H groups in total. The lowest BCUT2D eigenvalue weighted by atomic mass is 10.1. The van der Waals surface area contributed by atoms with E-state index in [2.05, 4.69) is 15.0 Å². The van der Waals surface area contributed by atoms with E-state index < -0.39 is 17.6 Å². The Balaban J connectivity index is 2.16. The van der Waals surface area contributed by atoms with Crippen LogP contribution in [0.15, 0.2) is 53.7 Å². The molecule has 0 atom stereocenters. The Kier molecular flexibility index (Phi) is 5.19. The molecule has 2 heterocycles. The molecule has 0 bridgehead atoms. The summed E-state index contributed by atoms with van der Waals surface area (Å²) in [4.78, 5) is 11.6. The van der Waals surface area contributed by atoms with Crippen molar-refractivity contribution in [2.45, 2.75) is 6.18 Å². The van der Waals surface area contributed by atoms with Crippen LogP contribution in [0.5, 0.6) is 0 Å². The van der Waals surface area contributed by atoms with Crippen molar-refractivity contribution in [2.24, 2.45) is 10.7 Å². The minimum absolute atomic E-state index is 0.0442. The van der Waals surface area contributed by atoms with Gasteiger partial charge in [-0.1, -0.05) is 29.8 Å². The third-order valence-corrected chi connectivity index (χ3v) is 4.01. The fourth-order valence-corrected chi connectivity index (χ4v) is 2.62. The lowest BCUT2D eigenvalue weighted by molar-refractivity contribution is -0.137. The minimum atomic E-state index is -4.66. The summed E-state index contributed by atoms with van der Waals surface area (Å²) in [5, 5.41) is 0.218. The Morgan fingerprint density at radius 2 is 1.82 bits per heavy atom. The normalized spacial score (nSPS) is 12.2. The predicted molar refractivity (Wildman–Crippen MR) is 98.7 cm³/mol. The summed E-state index contributed by atoms with van der Waals surface area (Å²) in [6.07, 6.45) is -3.78. The number of nitrogen functional groups attached to an aromatic ring is 1. The third-order valence-electron chi connectivity index (χ3n) is 3.69. The van der Waals surface area contributed by atoms with E-state index in [9.17, 15) is 17.6 Å². The largest absolute Gasteiger partial charge is 0.416 e. The number of pyridine rings is 2. The summed E-state index contributed by atoms with van der Waals surface area (Å²) in [6.45, 7) is 0. The van der Waals surface area contributed by atoms with Crippen LogP contribution in [0, 0.1) is 5.82 Å². The van der Waals surface area contributed by atoms with E-state index in [4.69, 9.17) is 23.1 Å². The van der Waals surface area contributed by atoms with Gasteiger partial charge in [-0.15, -0.1) is 0 Å². The lowest BCUT2D eigenvalue weighted by Gasteiger charge is -2.11. The van der Waals surface area contributed by atoms with E-state index in [1.165, 1.54) is 12.1 Å². The van der Waals surface area contributed by atoms with Crippen molar-refractivity contribution in [1.29, 1.82) is 0 Å². The fraction of sp³-hybridized carbons (Fsp3) is 0.0556. The summed E-state index contributed by atoms with van der Waals surface area (Å²) in [7, 11) is 0. The zero-order chi connectivity index (χ0) is 20.5. The number of benzene rings is 1. The van der Waals surface area contributed by atoms with Crippen molar-refractivity contribution >= 4 is 29.1 Å². The highest BCUT2D eigenvalue weighted by Gasteiger charge is 2.32. The van der Waals surface area contributed by atoms with Gasteiger partial charge in [0.1, 0.15) is 17.5 Å². The molecule has 0 aliphatic carbocycles. The second-order valence-electron chi connectivity index (χ2n) is 5.66. The van der Waals surface area contributed by atoms with Crippen LogP contribution in [-0.2, 0) is 6.18 Å². The Morgan fingerprint density at radius 1 is 1.11 bits per heavy atom.